The molecule has 1 aliphatic heterocycles. The SMILES string of the molecule is COc1ccc(CN(C(=O)CCCN2C(=O)c3ccccc3C2=O)[C@@H](C)C(=O)NCC(C)C)cc1. The third kappa shape index (κ3) is 6.26. The van der Waals surface area contributed by atoms with Crippen molar-refractivity contribution in [2.45, 2.75) is 46.2 Å². The third-order valence-corrected chi connectivity index (χ3v) is 6.01. The van der Waals surface area contributed by atoms with Crippen molar-refractivity contribution in [3.05, 3.63) is 65.2 Å². The first-order valence-corrected chi connectivity index (χ1v) is 11.9. The van der Waals surface area contributed by atoms with Gasteiger partial charge in [0, 0.05) is 26.1 Å². The Balaban J connectivity index is 1.66. The summed E-state index contributed by atoms with van der Waals surface area (Å²) in [5, 5.41) is 2.89. The highest BCUT2D eigenvalue weighted by molar-refractivity contribution is 6.21. The number of nitrogens with zero attached hydrogens (tertiary/aromatic N) is 2. The van der Waals surface area contributed by atoms with Crippen LogP contribution in [0.15, 0.2) is 48.5 Å². The van der Waals surface area contributed by atoms with E-state index in [4.69, 9.17) is 4.74 Å². The van der Waals surface area contributed by atoms with Gasteiger partial charge in [0.25, 0.3) is 11.8 Å². The van der Waals surface area contributed by atoms with Crippen molar-refractivity contribution in [1.82, 2.24) is 15.1 Å². The number of fused-ring (bicyclic) bond motifs is 1. The van der Waals surface area contributed by atoms with Gasteiger partial charge in [-0.1, -0.05) is 38.1 Å². The van der Waals surface area contributed by atoms with Crippen molar-refractivity contribution in [3.63, 3.8) is 0 Å². The summed E-state index contributed by atoms with van der Waals surface area (Å²) in [5.41, 5.74) is 1.64. The minimum atomic E-state index is -0.678. The van der Waals surface area contributed by atoms with Gasteiger partial charge in [0.2, 0.25) is 11.8 Å². The number of rotatable bonds is 11. The maximum absolute atomic E-state index is 13.2. The quantitative estimate of drug-likeness (QED) is 0.499. The highest BCUT2D eigenvalue weighted by atomic mass is 16.5. The van der Waals surface area contributed by atoms with Gasteiger partial charge in [0.1, 0.15) is 11.8 Å². The number of nitrogens with one attached hydrogen (secondary N) is 1. The normalized spacial score (nSPS) is 13.6. The van der Waals surface area contributed by atoms with Crippen molar-refractivity contribution >= 4 is 23.6 Å². The number of hydrogen-bond acceptors (Lipinski definition) is 5. The molecule has 0 spiro atoms. The summed E-state index contributed by atoms with van der Waals surface area (Å²) < 4.78 is 5.20. The van der Waals surface area contributed by atoms with Crippen molar-refractivity contribution in [3.8, 4) is 5.75 Å². The molecule has 8 nitrogen and oxygen atoms in total. The van der Waals surface area contributed by atoms with Crippen LogP contribution >= 0.6 is 0 Å². The predicted octanol–water partition coefficient (Wildman–Crippen LogP) is 3.26. The number of methoxy groups -OCH3 is 1. The molecule has 35 heavy (non-hydrogen) atoms. The lowest BCUT2D eigenvalue weighted by Crippen LogP contribution is -2.48. The fraction of sp³-hybridized carbons (Fsp3) is 0.407. The lowest BCUT2D eigenvalue weighted by Gasteiger charge is -2.29. The van der Waals surface area contributed by atoms with Crippen molar-refractivity contribution in [2.24, 2.45) is 5.92 Å². The standard InChI is InChI=1S/C27H33N3O5/c1-18(2)16-28-25(32)19(3)30(17-20-11-13-21(35-4)14-12-20)24(31)10-7-15-29-26(33)22-8-5-6-9-23(22)27(29)34/h5-6,8-9,11-14,18-19H,7,10,15-17H2,1-4H3,(H,28,32)/t19-/m0/s1. The predicted molar refractivity (Wildman–Crippen MR) is 132 cm³/mol. The molecule has 2 aromatic rings. The Hall–Kier alpha value is -3.68. The molecule has 0 aliphatic carbocycles. The Morgan fingerprint density at radius 1 is 0.971 bits per heavy atom. The summed E-state index contributed by atoms with van der Waals surface area (Å²) in [5.74, 6) is -0.124. The second-order valence-electron chi connectivity index (χ2n) is 9.10. The molecule has 1 heterocycles. The van der Waals surface area contributed by atoms with Crippen LogP contribution in [-0.4, -0.2) is 59.7 Å². The first-order chi connectivity index (χ1) is 16.7. The number of carbonyl (C=O) groups is 4. The monoisotopic (exact) mass is 479 g/mol. The first kappa shape index (κ1) is 25.9. The van der Waals surface area contributed by atoms with Crippen LogP contribution in [0.1, 0.15) is 59.9 Å². The number of hydrogen-bond donors (Lipinski definition) is 1. The maximum atomic E-state index is 13.2. The van der Waals surface area contributed by atoms with Crippen LogP contribution in [-0.2, 0) is 16.1 Å². The molecule has 186 valence electrons. The van der Waals surface area contributed by atoms with Gasteiger partial charge >= 0.3 is 0 Å². The molecule has 4 amide bonds. The molecule has 0 radical (unpaired) electrons. The molecule has 0 unspecified atom stereocenters. The van der Waals surface area contributed by atoms with Crippen LogP contribution in [0.25, 0.3) is 0 Å². The van der Waals surface area contributed by atoms with Crippen molar-refractivity contribution < 1.29 is 23.9 Å². The van der Waals surface area contributed by atoms with E-state index in [9.17, 15) is 19.2 Å². The summed E-state index contributed by atoms with van der Waals surface area (Å²) in [6.07, 6.45) is 0.412. The van der Waals surface area contributed by atoms with E-state index < -0.39 is 6.04 Å². The number of benzene rings is 2. The van der Waals surface area contributed by atoms with Crippen molar-refractivity contribution in [1.29, 1.82) is 0 Å². The molecule has 0 aromatic heterocycles. The highest BCUT2D eigenvalue weighted by Gasteiger charge is 2.35. The Bertz CT molecular complexity index is 1050. The van der Waals surface area contributed by atoms with E-state index >= 15 is 0 Å². The van der Waals surface area contributed by atoms with Crippen molar-refractivity contribution in [2.75, 3.05) is 20.2 Å². The van der Waals surface area contributed by atoms with Gasteiger partial charge in [-0.15, -0.1) is 0 Å². The topological polar surface area (TPSA) is 96.0 Å². The fourth-order valence-electron chi connectivity index (χ4n) is 3.94. The first-order valence-electron chi connectivity index (χ1n) is 11.9. The molecular weight excluding hydrogens is 446 g/mol. The van der Waals surface area contributed by atoms with E-state index in [2.05, 4.69) is 5.32 Å². The summed E-state index contributed by atoms with van der Waals surface area (Å²) in [7, 11) is 1.58. The zero-order valence-electron chi connectivity index (χ0n) is 20.7. The van der Waals surface area contributed by atoms with Gasteiger partial charge in [0.15, 0.2) is 0 Å². The number of carbonyl (C=O) groups excluding carboxylic acids is 4. The molecule has 3 rings (SSSR count). The summed E-state index contributed by atoms with van der Waals surface area (Å²) in [4.78, 5) is 53.9. The smallest absolute Gasteiger partial charge is 0.261 e. The largest absolute Gasteiger partial charge is 0.497 e. The van der Waals surface area contributed by atoms with Gasteiger partial charge < -0.3 is 15.0 Å². The molecule has 0 fully saturated rings. The van der Waals surface area contributed by atoms with E-state index in [1.165, 1.54) is 4.90 Å². The van der Waals surface area contributed by atoms with E-state index in [0.29, 0.717) is 29.8 Å². The summed E-state index contributed by atoms with van der Waals surface area (Å²) in [6.45, 7) is 6.64. The van der Waals surface area contributed by atoms with Crippen LogP contribution in [0.2, 0.25) is 0 Å². The summed E-state index contributed by atoms with van der Waals surface area (Å²) >= 11 is 0. The van der Waals surface area contributed by atoms with Gasteiger partial charge in [-0.2, -0.15) is 0 Å². The molecule has 0 saturated heterocycles. The lowest BCUT2D eigenvalue weighted by molar-refractivity contribution is -0.140. The molecular formula is C27H33N3O5. The van der Waals surface area contributed by atoms with Crippen LogP contribution in [0.3, 0.4) is 0 Å². The minimum absolute atomic E-state index is 0.103. The van der Waals surface area contributed by atoms with E-state index in [1.54, 1.807) is 43.2 Å². The molecule has 1 N–H and O–H groups in total. The van der Waals surface area contributed by atoms with E-state index in [0.717, 1.165) is 5.56 Å². The zero-order valence-corrected chi connectivity index (χ0v) is 20.7. The van der Waals surface area contributed by atoms with E-state index in [1.807, 2.05) is 38.1 Å². The van der Waals surface area contributed by atoms with Gasteiger partial charge in [-0.25, -0.2) is 0 Å². The lowest BCUT2D eigenvalue weighted by atomic mass is 10.1. The fourth-order valence-corrected chi connectivity index (χ4v) is 3.94. The average molecular weight is 480 g/mol. The third-order valence-electron chi connectivity index (χ3n) is 6.01. The number of ether oxygens (including phenoxy) is 1. The number of amides is 4. The Kier molecular flexibility index (Phi) is 8.63. The Morgan fingerprint density at radius 2 is 1.57 bits per heavy atom. The molecule has 8 heteroatoms. The van der Waals surface area contributed by atoms with Crippen LogP contribution in [0, 0.1) is 5.92 Å². The second-order valence-corrected chi connectivity index (χ2v) is 9.10. The average Bonchev–Trinajstić information content (AvgIpc) is 3.10. The Labute approximate surface area is 206 Å². The summed E-state index contributed by atoms with van der Waals surface area (Å²) in [6, 6.07) is 13.4. The Morgan fingerprint density at radius 3 is 2.11 bits per heavy atom. The highest BCUT2D eigenvalue weighted by Crippen LogP contribution is 2.23. The van der Waals surface area contributed by atoms with Gasteiger partial charge in [-0.05, 0) is 49.1 Å². The zero-order chi connectivity index (χ0) is 25.5. The van der Waals surface area contributed by atoms with Crippen LogP contribution in [0.4, 0.5) is 0 Å². The second kappa shape index (κ2) is 11.6. The molecule has 1 aliphatic rings. The van der Waals surface area contributed by atoms with Crippen LogP contribution < -0.4 is 10.1 Å². The molecule has 0 saturated carbocycles. The van der Waals surface area contributed by atoms with Gasteiger partial charge in [-0.3, -0.25) is 24.1 Å². The van der Waals surface area contributed by atoms with Gasteiger partial charge in [0.05, 0.1) is 18.2 Å². The molecule has 1 atom stereocenters. The van der Waals surface area contributed by atoms with Crippen LogP contribution in [0.5, 0.6) is 5.75 Å². The molecule has 2 aromatic carbocycles. The minimum Gasteiger partial charge on any atom is -0.497 e. The number of imide groups is 1. The maximum Gasteiger partial charge on any atom is 0.261 e. The van der Waals surface area contributed by atoms with E-state index in [-0.39, 0.29) is 49.1 Å². The molecule has 0 bridgehead atoms.